The highest BCUT2D eigenvalue weighted by atomic mass is 16.4. The number of carboxylic acids is 1. The summed E-state index contributed by atoms with van der Waals surface area (Å²) in [5.74, 6) is -0.696. The van der Waals surface area contributed by atoms with E-state index in [9.17, 15) is 4.79 Å². The number of carboxylic acid groups (broad SMARTS) is 1. The first-order chi connectivity index (χ1) is 9.18. The molecule has 0 fully saturated rings. The monoisotopic (exact) mass is 252 g/mol. The molecule has 0 radical (unpaired) electrons. The molecule has 0 aromatic heterocycles. The van der Waals surface area contributed by atoms with Crippen molar-refractivity contribution in [2.75, 3.05) is 0 Å². The molecular formula is C17H16O2. The second-order valence-corrected chi connectivity index (χ2v) is 4.43. The Labute approximate surface area is 113 Å². The molecule has 0 saturated carbocycles. The van der Waals surface area contributed by atoms with Crippen molar-refractivity contribution in [3.05, 3.63) is 77.4 Å². The second-order valence-electron chi connectivity index (χ2n) is 4.43. The average Bonchev–Trinajstić information content (AvgIpc) is 2.45. The summed E-state index contributed by atoms with van der Waals surface area (Å²) in [5.41, 5.74) is 3.30. The lowest BCUT2D eigenvalue weighted by Crippen LogP contribution is -1.98. The maximum Gasteiger partial charge on any atom is 0.328 e. The standard InChI is InChI=1S/C17H16O2/c1-13(14-7-3-2-4-8-14)16-10-6-5-9-15(16)11-12-17(18)19/h2-13H,1H3,(H,18,19)/b12-11+. The van der Waals surface area contributed by atoms with Crippen molar-refractivity contribution in [3.8, 4) is 0 Å². The molecule has 0 heterocycles. The summed E-state index contributed by atoms with van der Waals surface area (Å²) < 4.78 is 0. The van der Waals surface area contributed by atoms with E-state index in [1.54, 1.807) is 6.08 Å². The van der Waals surface area contributed by atoms with Gasteiger partial charge in [0.15, 0.2) is 0 Å². The molecular weight excluding hydrogens is 236 g/mol. The maximum absolute atomic E-state index is 10.6. The van der Waals surface area contributed by atoms with Crippen molar-refractivity contribution in [2.24, 2.45) is 0 Å². The Morgan fingerprint density at radius 2 is 1.68 bits per heavy atom. The lowest BCUT2D eigenvalue weighted by Gasteiger charge is -2.15. The van der Waals surface area contributed by atoms with Crippen LogP contribution >= 0.6 is 0 Å². The molecule has 0 aliphatic rings. The van der Waals surface area contributed by atoms with Crippen LogP contribution in [0.5, 0.6) is 0 Å². The Bertz CT molecular complexity index is 585. The van der Waals surface area contributed by atoms with Crippen LogP contribution in [0, 0.1) is 0 Å². The average molecular weight is 252 g/mol. The predicted molar refractivity (Wildman–Crippen MR) is 77.1 cm³/mol. The van der Waals surface area contributed by atoms with Crippen molar-refractivity contribution in [2.45, 2.75) is 12.8 Å². The van der Waals surface area contributed by atoms with Crippen molar-refractivity contribution in [1.29, 1.82) is 0 Å². The van der Waals surface area contributed by atoms with Crippen LogP contribution < -0.4 is 0 Å². The van der Waals surface area contributed by atoms with Crippen LogP contribution in [-0.4, -0.2) is 11.1 Å². The summed E-state index contributed by atoms with van der Waals surface area (Å²) in [6, 6.07) is 18.1. The van der Waals surface area contributed by atoms with Crippen LogP contribution in [0.25, 0.3) is 6.08 Å². The van der Waals surface area contributed by atoms with Crippen LogP contribution in [0.15, 0.2) is 60.7 Å². The molecule has 1 unspecified atom stereocenters. The first-order valence-corrected chi connectivity index (χ1v) is 6.23. The Balaban J connectivity index is 2.37. The molecule has 0 spiro atoms. The van der Waals surface area contributed by atoms with Crippen molar-refractivity contribution < 1.29 is 9.90 Å². The van der Waals surface area contributed by atoms with Crippen LogP contribution in [0.2, 0.25) is 0 Å². The van der Waals surface area contributed by atoms with Gasteiger partial charge in [0.25, 0.3) is 0 Å². The molecule has 2 aromatic rings. The van der Waals surface area contributed by atoms with Gasteiger partial charge in [0.05, 0.1) is 0 Å². The number of rotatable bonds is 4. The van der Waals surface area contributed by atoms with Crippen LogP contribution in [0.1, 0.15) is 29.5 Å². The zero-order valence-electron chi connectivity index (χ0n) is 10.8. The van der Waals surface area contributed by atoms with E-state index in [0.717, 1.165) is 11.1 Å². The molecule has 1 N–H and O–H groups in total. The van der Waals surface area contributed by atoms with E-state index in [-0.39, 0.29) is 5.92 Å². The molecule has 0 bridgehead atoms. The summed E-state index contributed by atoms with van der Waals surface area (Å²) in [6.07, 6.45) is 2.83. The lowest BCUT2D eigenvalue weighted by molar-refractivity contribution is -0.131. The van der Waals surface area contributed by atoms with Gasteiger partial charge in [-0.3, -0.25) is 0 Å². The molecule has 0 aliphatic heterocycles. The van der Waals surface area contributed by atoms with Gasteiger partial charge >= 0.3 is 5.97 Å². The molecule has 2 heteroatoms. The first kappa shape index (κ1) is 13.1. The predicted octanol–water partition coefficient (Wildman–Crippen LogP) is 3.94. The molecule has 2 nitrogen and oxygen atoms in total. The van der Waals surface area contributed by atoms with E-state index in [1.807, 2.05) is 42.5 Å². The molecule has 0 saturated heterocycles. The summed E-state index contributed by atoms with van der Waals surface area (Å²) in [4.78, 5) is 10.6. The van der Waals surface area contributed by atoms with Gasteiger partial charge in [-0.25, -0.2) is 4.79 Å². The van der Waals surface area contributed by atoms with Crippen molar-refractivity contribution in [1.82, 2.24) is 0 Å². The van der Waals surface area contributed by atoms with Gasteiger partial charge in [-0.15, -0.1) is 0 Å². The molecule has 2 rings (SSSR count). The Morgan fingerprint density at radius 3 is 2.37 bits per heavy atom. The highest BCUT2D eigenvalue weighted by molar-refractivity contribution is 5.85. The van der Waals surface area contributed by atoms with Crippen molar-refractivity contribution >= 4 is 12.0 Å². The van der Waals surface area contributed by atoms with Crippen LogP contribution in [0.4, 0.5) is 0 Å². The summed E-state index contributed by atoms with van der Waals surface area (Å²) in [7, 11) is 0. The summed E-state index contributed by atoms with van der Waals surface area (Å²) >= 11 is 0. The van der Waals surface area contributed by atoms with E-state index in [4.69, 9.17) is 5.11 Å². The minimum Gasteiger partial charge on any atom is -0.478 e. The fourth-order valence-corrected chi connectivity index (χ4v) is 2.14. The minimum atomic E-state index is -0.929. The van der Waals surface area contributed by atoms with Gasteiger partial charge < -0.3 is 5.11 Å². The quantitative estimate of drug-likeness (QED) is 0.837. The number of carbonyl (C=O) groups is 1. The number of aliphatic carboxylic acids is 1. The largest absolute Gasteiger partial charge is 0.478 e. The highest BCUT2D eigenvalue weighted by Crippen LogP contribution is 2.27. The molecule has 1 atom stereocenters. The highest BCUT2D eigenvalue weighted by Gasteiger charge is 2.10. The number of hydrogen-bond donors (Lipinski definition) is 1. The molecule has 2 aromatic carbocycles. The van der Waals surface area contributed by atoms with Gasteiger partial charge in [0.2, 0.25) is 0 Å². The first-order valence-electron chi connectivity index (χ1n) is 6.23. The Kier molecular flexibility index (Phi) is 4.14. The summed E-state index contributed by atoms with van der Waals surface area (Å²) in [6.45, 7) is 2.13. The van der Waals surface area contributed by atoms with Crippen LogP contribution in [0.3, 0.4) is 0 Å². The third-order valence-electron chi connectivity index (χ3n) is 3.17. The topological polar surface area (TPSA) is 37.3 Å². The molecule has 19 heavy (non-hydrogen) atoms. The fraction of sp³-hybridized carbons (Fsp3) is 0.118. The van der Waals surface area contributed by atoms with Gasteiger partial charge in [-0.2, -0.15) is 0 Å². The van der Waals surface area contributed by atoms with Gasteiger partial charge in [-0.05, 0) is 22.8 Å². The third kappa shape index (κ3) is 3.32. The molecule has 0 amide bonds. The molecule has 0 aliphatic carbocycles. The maximum atomic E-state index is 10.6. The Hall–Kier alpha value is -2.35. The Morgan fingerprint density at radius 1 is 1.05 bits per heavy atom. The second kappa shape index (κ2) is 6.01. The zero-order chi connectivity index (χ0) is 13.7. The van der Waals surface area contributed by atoms with E-state index in [0.29, 0.717) is 0 Å². The summed E-state index contributed by atoms with van der Waals surface area (Å²) in [5, 5.41) is 8.73. The SMILES string of the molecule is CC(c1ccccc1)c1ccccc1/C=C/C(=O)O. The minimum absolute atomic E-state index is 0.232. The van der Waals surface area contributed by atoms with Gasteiger partial charge in [0.1, 0.15) is 0 Å². The van der Waals surface area contributed by atoms with E-state index in [2.05, 4.69) is 19.1 Å². The fourth-order valence-electron chi connectivity index (χ4n) is 2.14. The number of benzene rings is 2. The smallest absolute Gasteiger partial charge is 0.328 e. The van der Waals surface area contributed by atoms with Crippen LogP contribution in [-0.2, 0) is 4.79 Å². The zero-order valence-corrected chi connectivity index (χ0v) is 10.8. The molecule has 96 valence electrons. The van der Waals surface area contributed by atoms with E-state index in [1.165, 1.54) is 11.6 Å². The normalized spacial score (nSPS) is 12.5. The van der Waals surface area contributed by atoms with E-state index >= 15 is 0 Å². The third-order valence-corrected chi connectivity index (χ3v) is 3.17. The number of hydrogen-bond acceptors (Lipinski definition) is 1. The lowest BCUT2D eigenvalue weighted by atomic mass is 9.89. The van der Waals surface area contributed by atoms with Gasteiger partial charge in [-0.1, -0.05) is 61.5 Å². The van der Waals surface area contributed by atoms with Crippen molar-refractivity contribution in [3.63, 3.8) is 0 Å². The van der Waals surface area contributed by atoms with Gasteiger partial charge in [0, 0.05) is 12.0 Å². The van der Waals surface area contributed by atoms with E-state index < -0.39 is 5.97 Å².